The molecule has 0 aromatic carbocycles. The average molecular weight is 291 g/mol. The van der Waals surface area contributed by atoms with Crippen LogP contribution < -0.4 is 10.9 Å². The molecule has 3 rings (SSSR count). The highest BCUT2D eigenvalue weighted by molar-refractivity contribution is 7.17. The molecule has 2 heterocycles. The third-order valence-corrected chi connectivity index (χ3v) is 4.94. The first-order valence-corrected chi connectivity index (χ1v) is 8.38. The Morgan fingerprint density at radius 1 is 1.35 bits per heavy atom. The summed E-state index contributed by atoms with van der Waals surface area (Å²) in [5.74, 6) is 0. The standard InChI is InChI=1S/C15H21N3OS/c19-15-14-13(7-10-20-14)17-11-18(15)9-4-8-16-12-5-2-1-3-6-12/h7,10-12,16H,1-6,8-9H2. The van der Waals surface area contributed by atoms with Gasteiger partial charge in [0, 0.05) is 12.6 Å². The van der Waals surface area contributed by atoms with Crippen LogP contribution in [0.1, 0.15) is 38.5 Å². The van der Waals surface area contributed by atoms with E-state index in [9.17, 15) is 4.79 Å². The van der Waals surface area contributed by atoms with E-state index in [-0.39, 0.29) is 5.56 Å². The van der Waals surface area contributed by atoms with E-state index < -0.39 is 0 Å². The molecule has 1 fully saturated rings. The predicted octanol–water partition coefficient (Wildman–Crippen LogP) is 2.77. The lowest BCUT2D eigenvalue weighted by Gasteiger charge is -2.22. The third kappa shape index (κ3) is 3.10. The Kier molecular flexibility index (Phi) is 4.47. The molecule has 0 bridgehead atoms. The molecule has 0 spiro atoms. The zero-order chi connectivity index (χ0) is 13.8. The number of nitrogens with zero attached hydrogens (tertiary/aromatic N) is 2. The Morgan fingerprint density at radius 2 is 2.20 bits per heavy atom. The van der Waals surface area contributed by atoms with E-state index in [1.807, 2.05) is 11.4 Å². The van der Waals surface area contributed by atoms with Crippen molar-refractivity contribution in [3.8, 4) is 0 Å². The van der Waals surface area contributed by atoms with Crippen LogP contribution in [0.15, 0.2) is 22.6 Å². The van der Waals surface area contributed by atoms with E-state index in [4.69, 9.17) is 0 Å². The van der Waals surface area contributed by atoms with E-state index in [0.717, 1.165) is 29.7 Å². The number of nitrogens with one attached hydrogen (secondary N) is 1. The van der Waals surface area contributed by atoms with Crippen LogP contribution >= 0.6 is 11.3 Å². The highest BCUT2D eigenvalue weighted by atomic mass is 32.1. The highest BCUT2D eigenvalue weighted by Gasteiger charge is 2.12. The van der Waals surface area contributed by atoms with E-state index in [1.54, 1.807) is 10.9 Å². The fourth-order valence-corrected chi connectivity index (χ4v) is 3.69. The summed E-state index contributed by atoms with van der Waals surface area (Å²) in [7, 11) is 0. The van der Waals surface area contributed by atoms with Crippen molar-refractivity contribution in [2.45, 2.75) is 51.1 Å². The first kappa shape index (κ1) is 13.8. The van der Waals surface area contributed by atoms with Crippen LogP contribution in [0.4, 0.5) is 0 Å². The first-order valence-electron chi connectivity index (χ1n) is 7.50. The van der Waals surface area contributed by atoms with Crippen LogP contribution in [-0.2, 0) is 6.54 Å². The maximum Gasteiger partial charge on any atom is 0.271 e. The van der Waals surface area contributed by atoms with Crippen molar-refractivity contribution < 1.29 is 0 Å². The summed E-state index contributed by atoms with van der Waals surface area (Å²) >= 11 is 1.48. The minimum absolute atomic E-state index is 0.0997. The largest absolute Gasteiger partial charge is 0.314 e. The minimum atomic E-state index is 0.0997. The second kappa shape index (κ2) is 6.50. The Labute approximate surface area is 122 Å². The van der Waals surface area contributed by atoms with Crippen LogP contribution in [-0.4, -0.2) is 22.1 Å². The number of thiophene rings is 1. The summed E-state index contributed by atoms with van der Waals surface area (Å²) in [6, 6.07) is 2.59. The zero-order valence-corrected chi connectivity index (χ0v) is 12.5. The summed E-state index contributed by atoms with van der Waals surface area (Å²) in [6.07, 6.45) is 9.38. The zero-order valence-electron chi connectivity index (χ0n) is 11.7. The average Bonchev–Trinajstić information content (AvgIpc) is 2.96. The van der Waals surface area contributed by atoms with Crippen LogP contribution in [0.2, 0.25) is 0 Å². The van der Waals surface area contributed by atoms with Gasteiger partial charge in [-0.3, -0.25) is 9.36 Å². The number of rotatable bonds is 5. The summed E-state index contributed by atoms with van der Waals surface area (Å²) in [4.78, 5) is 16.5. The van der Waals surface area contributed by atoms with Crippen LogP contribution in [0.5, 0.6) is 0 Å². The van der Waals surface area contributed by atoms with Gasteiger partial charge in [0.05, 0.1) is 11.8 Å². The lowest BCUT2D eigenvalue weighted by Crippen LogP contribution is -2.32. The SMILES string of the molecule is O=c1c2sccc2ncn1CCCNC1CCCCC1. The molecule has 0 unspecified atom stereocenters. The molecule has 20 heavy (non-hydrogen) atoms. The fraction of sp³-hybridized carbons (Fsp3) is 0.600. The Bertz CT molecular complexity index is 613. The van der Waals surface area contributed by atoms with Gasteiger partial charge in [0.25, 0.3) is 5.56 Å². The lowest BCUT2D eigenvalue weighted by molar-refractivity contribution is 0.368. The van der Waals surface area contributed by atoms with Gasteiger partial charge in [-0.2, -0.15) is 0 Å². The van der Waals surface area contributed by atoms with Crippen molar-refractivity contribution in [3.05, 3.63) is 28.1 Å². The van der Waals surface area contributed by atoms with Crippen LogP contribution in [0.3, 0.4) is 0 Å². The summed E-state index contributed by atoms with van der Waals surface area (Å²) < 4.78 is 2.51. The van der Waals surface area contributed by atoms with Crippen molar-refractivity contribution in [1.82, 2.24) is 14.9 Å². The molecule has 2 aromatic rings. The predicted molar refractivity (Wildman–Crippen MR) is 83.4 cm³/mol. The third-order valence-electron chi connectivity index (χ3n) is 4.05. The Morgan fingerprint density at radius 3 is 3.05 bits per heavy atom. The highest BCUT2D eigenvalue weighted by Crippen LogP contribution is 2.17. The molecule has 0 aliphatic heterocycles. The van der Waals surface area contributed by atoms with Gasteiger partial charge >= 0.3 is 0 Å². The molecule has 1 N–H and O–H groups in total. The van der Waals surface area contributed by atoms with Gasteiger partial charge in [0.2, 0.25) is 0 Å². The molecule has 5 heteroatoms. The molecule has 0 atom stereocenters. The molecule has 0 amide bonds. The van der Waals surface area contributed by atoms with Gasteiger partial charge < -0.3 is 5.32 Å². The van der Waals surface area contributed by atoms with Gasteiger partial charge in [-0.1, -0.05) is 19.3 Å². The topological polar surface area (TPSA) is 46.9 Å². The van der Waals surface area contributed by atoms with Crippen LogP contribution in [0.25, 0.3) is 10.2 Å². The second-order valence-corrected chi connectivity index (χ2v) is 6.44. The molecular formula is C15H21N3OS. The van der Waals surface area contributed by atoms with Gasteiger partial charge in [-0.05, 0) is 37.3 Å². The smallest absolute Gasteiger partial charge is 0.271 e. The molecule has 1 aliphatic rings. The van der Waals surface area contributed by atoms with Gasteiger partial charge in [-0.25, -0.2) is 4.98 Å². The second-order valence-electron chi connectivity index (χ2n) is 5.52. The molecule has 108 valence electrons. The first-order chi connectivity index (χ1) is 9.84. The number of hydrogen-bond donors (Lipinski definition) is 1. The summed E-state index contributed by atoms with van der Waals surface area (Å²) in [5.41, 5.74) is 0.916. The number of aromatic nitrogens is 2. The Balaban J connectivity index is 1.52. The quantitative estimate of drug-likeness (QED) is 0.862. The maximum absolute atomic E-state index is 12.2. The normalized spacial score (nSPS) is 16.8. The Hall–Kier alpha value is -1.20. The molecular weight excluding hydrogens is 270 g/mol. The number of fused-ring (bicyclic) bond motifs is 1. The summed E-state index contributed by atoms with van der Waals surface area (Å²) in [6.45, 7) is 1.74. The maximum atomic E-state index is 12.2. The van der Waals surface area contributed by atoms with E-state index in [2.05, 4.69) is 10.3 Å². The fourth-order valence-electron chi connectivity index (χ4n) is 2.90. The molecule has 0 radical (unpaired) electrons. The van der Waals surface area contributed by atoms with Gasteiger partial charge in [-0.15, -0.1) is 11.3 Å². The van der Waals surface area contributed by atoms with Crippen molar-refractivity contribution >= 4 is 21.6 Å². The van der Waals surface area contributed by atoms with Crippen molar-refractivity contribution in [1.29, 1.82) is 0 Å². The van der Waals surface area contributed by atoms with E-state index >= 15 is 0 Å². The number of aryl methyl sites for hydroxylation is 1. The van der Waals surface area contributed by atoms with Crippen molar-refractivity contribution in [2.24, 2.45) is 0 Å². The molecule has 2 aromatic heterocycles. The van der Waals surface area contributed by atoms with E-state index in [1.165, 1.54) is 43.4 Å². The summed E-state index contributed by atoms with van der Waals surface area (Å²) in [5, 5.41) is 5.53. The van der Waals surface area contributed by atoms with Gasteiger partial charge in [0.15, 0.2) is 0 Å². The van der Waals surface area contributed by atoms with E-state index in [0.29, 0.717) is 6.04 Å². The number of hydrogen-bond acceptors (Lipinski definition) is 4. The molecule has 4 nitrogen and oxygen atoms in total. The molecule has 0 saturated heterocycles. The van der Waals surface area contributed by atoms with Crippen molar-refractivity contribution in [3.63, 3.8) is 0 Å². The molecule has 1 saturated carbocycles. The van der Waals surface area contributed by atoms with Crippen molar-refractivity contribution in [2.75, 3.05) is 6.54 Å². The van der Waals surface area contributed by atoms with Crippen LogP contribution in [0, 0.1) is 0 Å². The van der Waals surface area contributed by atoms with Gasteiger partial charge in [0.1, 0.15) is 4.70 Å². The molecule has 1 aliphatic carbocycles. The minimum Gasteiger partial charge on any atom is -0.314 e. The lowest BCUT2D eigenvalue weighted by atomic mass is 9.95. The monoisotopic (exact) mass is 291 g/mol.